The number of carbonyl (C=O) groups is 1. The molecule has 1 aromatic rings. The van der Waals surface area contributed by atoms with E-state index in [1.54, 1.807) is 0 Å². The first-order valence-electron chi connectivity index (χ1n) is 10.1. The van der Waals surface area contributed by atoms with Gasteiger partial charge in [-0.05, 0) is 51.0 Å². The second-order valence-corrected chi connectivity index (χ2v) is 7.99. The van der Waals surface area contributed by atoms with Gasteiger partial charge in [0.1, 0.15) is 0 Å². The molecule has 5 heteroatoms. The topological polar surface area (TPSA) is 55.8 Å². The number of nitrogens with zero attached hydrogens (tertiary/aromatic N) is 2. The van der Waals surface area contributed by atoms with Crippen molar-refractivity contribution in [1.82, 2.24) is 10.2 Å². The minimum Gasteiger partial charge on any atom is -0.393 e. The van der Waals surface area contributed by atoms with E-state index >= 15 is 0 Å². The fraction of sp³-hybridized carbons (Fsp3) is 0.667. The predicted molar refractivity (Wildman–Crippen MR) is 106 cm³/mol. The zero-order valence-electron chi connectivity index (χ0n) is 16.2. The molecule has 3 rings (SSSR count). The quantitative estimate of drug-likeness (QED) is 0.848. The van der Waals surface area contributed by atoms with Gasteiger partial charge in [-0.3, -0.25) is 9.69 Å². The van der Waals surface area contributed by atoms with E-state index in [1.807, 2.05) is 12.1 Å². The van der Waals surface area contributed by atoms with E-state index in [4.69, 9.17) is 0 Å². The predicted octanol–water partition coefficient (Wildman–Crippen LogP) is 2.50. The summed E-state index contributed by atoms with van der Waals surface area (Å²) in [6, 6.07) is 8.53. The van der Waals surface area contributed by atoms with Crippen molar-refractivity contribution in [3.8, 4) is 0 Å². The number of rotatable bonds is 5. The van der Waals surface area contributed by atoms with Gasteiger partial charge < -0.3 is 15.3 Å². The number of nitrogens with one attached hydrogen (secondary N) is 1. The van der Waals surface area contributed by atoms with E-state index in [0.29, 0.717) is 18.2 Å². The molecule has 2 fully saturated rings. The third-order valence-corrected chi connectivity index (χ3v) is 5.93. The lowest BCUT2D eigenvalue weighted by Gasteiger charge is -2.38. The fourth-order valence-corrected chi connectivity index (χ4v) is 4.07. The van der Waals surface area contributed by atoms with Gasteiger partial charge in [-0.2, -0.15) is 0 Å². The van der Waals surface area contributed by atoms with Gasteiger partial charge in [-0.1, -0.05) is 12.8 Å². The normalized spacial score (nSPS) is 24.7. The van der Waals surface area contributed by atoms with Crippen molar-refractivity contribution in [1.29, 1.82) is 0 Å². The second-order valence-electron chi connectivity index (χ2n) is 7.99. The molecule has 1 heterocycles. The maximum Gasteiger partial charge on any atom is 0.251 e. The highest BCUT2D eigenvalue weighted by Gasteiger charge is 2.23. The van der Waals surface area contributed by atoms with Crippen LogP contribution < -0.4 is 10.2 Å². The maximum absolute atomic E-state index is 12.4. The van der Waals surface area contributed by atoms with Crippen molar-refractivity contribution in [2.24, 2.45) is 5.92 Å². The van der Waals surface area contributed by atoms with Crippen molar-refractivity contribution in [2.45, 2.75) is 51.7 Å². The number of carbonyl (C=O) groups excluding carboxylic acids is 1. The first-order chi connectivity index (χ1) is 12.5. The highest BCUT2D eigenvalue weighted by atomic mass is 16.3. The van der Waals surface area contributed by atoms with Crippen molar-refractivity contribution in [3.63, 3.8) is 0 Å². The van der Waals surface area contributed by atoms with Crippen molar-refractivity contribution in [2.75, 3.05) is 37.6 Å². The smallest absolute Gasteiger partial charge is 0.251 e. The van der Waals surface area contributed by atoms with Crippen molar-refractivity contribution in [3.05, 3.63) is 29.8 Å². The minimum atomic E-state index is -0.268. The van der Waals surface area contributed by atoms with Gasteiger partial charge in [0.05, 0.1) is 6.10 Å². The summed E-state index contributed by atoms with van der Waals surface area (Å²) >= 11 is 0. The molecule has 2 aliphatic rings. The molecule has 2 unspecified atom stereocenters. The number of aliphatic hydroxyl groups excluding tert-OH is 1. The first-order valence-corrected chi connectivity index (χ1v) is 10.1. The summed E-state index contributed by atoms with van der Waals surface area (Å²) < 4.78 is 0. The average Bonchev–Trinajstić information content (AvgIpc) is 2.67. The lowest BCUT2D eigenvalue weighted by molar-refractivity contribution is 0.0663. The number of amides is 1. The monoisotopic (exact) mass is 359 g/mol. The minimum absolute atomic E-state index is 0.0426. The van der Waals surface area contributed by atoms with Crippen LogP contribution in [0.3, 0.4) is 0 Å². The first kappa shape index (κ1) is 19.2. The highest BCUT2D eigenvalue weighted by Crippen LogP contribution is 2.24. The molecule has 0 radical (unpaired) electrons. The summed E-state index contributed by atoms with van der Waals surface area (Å²) in [5.41, 5.74) is 1.88. The molecule has 1 saturated heterocycles. The summed E-state index contributed by atoms with van der Waals surface area (Å²) in [4.78, 5) is 17.3. The van der Waals surface area contributed by atoms with Gasteiger partial charge in [0, 0.05) is 55.9 Å². The van der Waals surface area contributed by atoms with Crippen LogP contribution >= 0.6 is 0 Å². The molecule has 144 valence electrons. The standard InChI is InChI=1S/C21H33N3O2/c1-16(2)23-11-13-24(14-12-23)19-9-7-17(8-10-19)21(26)22-15-18-5-3-4-6-20(18)25/h7-10,16,18,20,25H,3-6,11-15H2,1-2H3,(H,22,26). The lowest BCUT2D eigenvalue weighted by atomic mass is 9.86. The Kier molecular flexibility index (Phi) is 6.54. The Morgan fingerprint density at radius 3 is 2.38 bits per heavy atom. The van der Waals surface area contributed by atoms with Crippen LogP contribution in [0, 0.1) is 5.92 Å². The van der Waals surface area contributed by atoms with Crippen LogP contribution in [-0.4, -0.2) is 60.8 Å². The molecule has 0 aromatic heterocycles. The molecular formula is C21H33N3O2. The SMILES string of the molecule is CC(C)N1CCN(c2ccc(C(=O)NCC3CCCCC3O)cc2)CC1. The van der Waals surface area contributed by atoms with E-state index in [-0.39, 0.29) is 17.9 Å². The number of aliphatic hydroxyl groups is 1. The van der Waals surface area contributed by atoms with Gasteiger partial charge >= 0.3 is 0 Å². The number of benzene rings is 1. The van der Waals surface area contributed by atoms with Gasteiger partial charge in [0.2, 0.25) is 0 Å². The maximum atomic E-state index is 12.4. The van der Waals surface area contributed by atoms with Gasteiger partial charge in [0.25, 0.3) is 5.91 Å². The third kappa shape index (κ3) is 4.77. The molecule has 26 heavy (non-hydrogen) atoms. The van der Waals surface area contributed by atoms with E-state index in [2.05, 4.69) is 41.1 Å². The molecule has 0 spiro atoms. The lowest BCUT2D eigenvalue weighted by Crippen LogP contribution is -2.48. The van der Waals surface area contributed by atoms with Gasteiger partial charge in [-0.25, -0.2) is 0 Å². The van der Waals surface area contributed by atoms with E-state index in [9.17, 15) is 9.90 Å². The Hall–Kier alpha value is -1.59. The Morgan fingerprint density at radius 2 is 1.77 bits per heavy atom. The zero-order valence-corrected chi connectivity index (χ0v) is 16.2. The molecule has 1 saturated carbocycles. The zero-order chi connectivity index (χ0) is 18.5. The van der Waals surface area contributed by atoms with Crippen LogP contribution in [-0.2, 0) is 0 Å². The van der Waals surface area contributed by atoms with Crippen molar-refractivity contribution < 1.29 is 9.90 Å². The molecule has 2 N–H and O–H groups in total. The largest absolute Gasteiger partial charge is 0.393 e. The molecule has 1 aliphatic heterocycles. The fourth-order valence-electron chi connectivity index (χ4n) is 4.07. The molecule has 2 atom stereocenters. The second kappa shape index (κ2) is 8.87. The van der Waals surface area contributed by atoms with Crippen LogP contribution in [0.4, 0.5) is 5.69 Å². The van der Waals surface area contributed by atoms with Crippen LogP contribution in [0.5, 0.6) is 0 Å². The Morgan fingerprint density at radius 1 is 1.12 bits per heavy atom. The summed E-state index contributed by atoms with van der Waals surface area (Å²) in [5.74, 6) is 0.156. The molecule has 5 nitrogen and oxygen atoms in total. The van der Waals surface area contributed by atoms with Crippen LogP contribution in [0.25, 0.3) is 0 Å². The number of hydrogen-bond donors (Lipinski definition) is 2. The summed E-state index contributed by atoms with van der Waals surface area (Å²) in [6.07, 6.45) is 3.84. The van der Waals surface area contributed by atoms with Gasteiger partial charge in [-0.15, -0.1) is 0 Å². The van der Waals surface area contributed by atoms with Crippen LogP contribution in [0.1, 0.15) is 49.9 Å². The molecular weight excluding hydrogens is 326 g/mol. The molecule has 1 aromatic carbocycles. The van der Waals surface area contributed by atoms with E-state index in [0.717, 1.165) is 51.9 Å². The molecule has 0 bridgehead atoms. The van der Waals surface area contributed by atoms with Gasteiger partial charge in [0.15, 0.2) is 0 Å². The van der Waals surface area contributed by atoms with E-state index in [1.165, 1.54) is 5.69 Å². The number of hydrogen-bond acceptors (Lipinski definition) is 4. The molecule has 1 amide bonds. The summed E-state index contributed by atoms with van der Waals surface area (Å²) in [7, 11) is 0. The Labute approximate surface area is 157 Å². The number of piperazine rings is 1. The Balaban J connectivity index is 1.50. The average molecular weight is 360 g/mol. The summed E-state index contributed by atoms with van der Waals surface area (Å²) in [6.45, 7) is 9.30. The third-order valence-electron chi connectivity index (χ3n) is 5.93. The number of anilines is 1. The van der Waals surface area contributed by atoms with E-state index < -0.39 is 0 Å². The van der Waals surface area contributed by atoms with Crippen LogP contribution in [0.2, 0.25) is 0 Å². The van der Waals surface area contributed by atoms with Crippen molar-refractivity contribution >= 4 is 11.6 Å². The molecule has 1 aliphatic carbocycles. The highest BCUT2D eigenvalue weighted by molar-refractivity contribution is 5.94. The Bertz CT molecular complexity index is 579. The summed E-state index contributed by atoms with van der Waals surface area (Å²) in [5, 5.41) is 13.0. The van der Waals surface area contributed by atoms with Crippen LogP contribution in [0.15, 0.2) is 24.3 Å².